The molecule has 4 rings (SSSR count). The van der Waals surface area contributed by atoms with Gasteiger partial charge in [-0.15, -0.1) is 11.8 Å². The number of halogens is 1. The van der Waals surface area contributed by atoms with Gasteiger partial charge in [0.1, 0.15) is 5.82 Å². The number of nitrogens with one attached hydrogen (secondary N) is 2. The molecule has 0 saturated carbocycles. The second kappa shape index (κ2) is 9.08. The van der Waals surface area contributed by atoms with Crippen molar-refractivity contribution in [1.82, 2.24) is 10.0 Å². The molecule has 1 heterocycles. The van der Waals surface area contributed by atoms with Gasteiger partial charge in [-0.1, -0.05) is 18.2 Å². The Balaban J connectivity index is 1.33. The minimum absolute atomic E-state index is 0.0166. The van der Waals surface area contributed by atoms with Gasteiger partial charge in [-0.2, -0.15) is 0 Å². The van der Waals surface area contributed by atoms with E-state index in [-0.39, 0.29) is 35.6 Å². The van der Waals surface area contributed by atoms with E-state index in [1.807, 2.05) is 12.1 Å². The average Bonchev–Trinajstić information content (AvgIpc) is 2.74. The largest absolute Gasteiger partial charge is 0.349 e. The van der Waals surface area contributed by atoms with Gasteiger partial charge in [0.05, 0.1) is 10.9 Å². The van der Waals surface area contributed by atoms with Crippen LogP contribution in [-0.4, -0.2) is 26.6 Å². The number of rotatable bonds is 6. The molecule has 2 aliphatic rings. The Bertz CT molecular complexity index is 1060. The Kier molecular flexibility index (Phi) is 6.46. The van der Waals surface area contributed by atoms with Crippen molar-refractivity contribution in [2.75, 3.05) is 12.3 Å². The number of sulfonamides is 1. The van der Waals surface area contributed by atoms with Crippen LogP contribution in [0.5, 0.6) is 0 Å². The van der Waals surface area contributed by atoms with Gasteiger partial charge < -0.3 is 5.32 Å². The smallest absolute Gasteiger partial charge is 0.240 e. The summed E-state index contributed by atoms with van der Waals surface area (Å²) in [6.07, 6.45) is 4.87. The first kappa shape index (κ1) is 21.3. The van der Waals surface area contributed by atoms with Crippen LogP contribution in [0.1, 0.15) is 48.4 Å². The number of hydrogen-bond acceptors (Lipinski definition) is 4. The van der Waals surface area contributed by atoms with E-state index in [2.05, 4.69) is 10.0 Å². The Hall–Kier alpha value is -1.90. The molecule has 1 atom stereocenters. The highest BCUT2D eigenvalue weighted by Gasteiger charge is 2.24. The highest BCUT2D eigenvalue weighted by Crippen LogP contribution is 2.37. The first-order chi connectivity index (χ1) is 14.4. The first-order valence-corrected chi connectivity index (χ1v) is 12.7. The fourth-order valence-corrected chi connectivity index (χ4v) is 6.28. The van der Waals surface area contributed by atoms with E-state index in [0.29, 0.717) is 11.3 Å². The third-order valence-electron chi connectivity index (χ3n) is 5.64. The Morgan fingerprint density at radius 3 is 2.77 bits per heavy atom. The van der Waals surface area contributed by atoms with E-state index in [1.165, 1.54) is 23.4 Å². The SMILES string of the molecule is O=C(CCNS(=O)(=O)c1ccc2c(c1)CCCC2)NC1CCSc2c(F)cccc21. The number of amides is 1. The van der Waals surface area contributed by atoms with E-state index < -0.39 is 10.0 Å². The van der Waals surface area contributed by atoms with Crippen molar-refractivity contribution >= 4 is 27.7 Å². The lowest BCUT2D eigenvalue weighted by Gasteiger charge is -2.26. The molecule has 2 aromatic carbocycles. The zero-order valence-electron chi connectivity index (χ0n) is 16.6. The maximum Gasteiger partial charge on any atom is 0.240 e. The molecule has 5 nitrogen and oxygen atoms in total. The van der Waals surface area contributed by atoms with E-state index in [1.54, 1.807) is 18.2 Å². The fraction of sp³-hybridized carbons (Fsp3) is 0.409. The summed E-state index contributed by atoms with van der Waals surface area (Å²) in [5, 5.41) is 2.92. The normalized spacial score (nSPS) is 18.4. The van der Waals surface area contributed by atoms with Crippen molar-refractivity contribution in [3.63, 3.8) is 0 Å². The number of thioether (sulfide) groups is 1. The Labute approximate surface area is 180 Å². The lowest BCUT2D eigenvalue weighted by atomic mass is 9.92. The lowest BCUT2D eigenvalue weighted by Crippen LogP contribution is -2.34. The van der Waals surface area contributed by atoms with Crippen LogP contribution in [0.4, 0.5) is 4.39 Å². The molecule has 2 aromatic rings. The van der Waals surface area contributed by atoms with Gasteiger partial charge in [0.2, 0.25) is 15.9 Å². The summed E-state index contributed by atoms with van der Waals surface area (Å²) >= 11 is 1.46. The Morgan fingerprint density at radius 1 is 1.13 bits per heavy atom. The maximum absolute atomic E-state index is 14.0. The molecular weight excluding hydrogens is 423 g/mol. The van der Waals surface area contributed by atoms with E-state index in [4.69, 9.17) is 0 Å². The summed E-state index contributed by atoms with van der Waals surface area (Å²) in [5.41, 5.74) is 3.11. The predicted molar refractivity (Wildman–Crippen MR) is 116 cm³/mol. The zero-order valence-corrected chi connectivity index (χ0v) is 18.3. The number of hydrogen-bond donors (Lipinski definition) is 2. The van der Waals surface area contributed by atoms with Crippen molar-refractivity contribution in [2.24, 2.45) is 0 Å². The summed E-state index contributed by atoms with van der Waals surface area (Å²) in [6.45, 7) is 0.0166. The van der Waals surface area contributed by atoms with Gasteiger partial charge in [-0.05, 0) is 67.0 Å². The summed E-state index contributed by atoms with van der Waals surface area (Å²) in [4.78, 5) is 13.2. The van der Waals surface area contributed by atoms with Gasteiger partial charge >= 0.3 is 0 Å². The standard InChI is InChI=1S/C22H25FN2O3S2/c23-19-7-3-6-18-20(11-13-29-22(18)19)25-21(26)10-12-24-30(27,28)17-9-8-15-4-1-2-5-16(15)14-17/h3,6-9,14,20,24H,1-2,4-5,10-13H2,(H,25,26). The van der Waals surface area contributed by atoms with Crippen molar-refractivity contribution in [3.8, 4) is 0 Å². The zero-order chi connectivity index (χ0) is 21.1. The number of carbonyl (C=O) groups is 1. The Morgan fingerprint density at radius 2 is 1.93 bits per heavy atom. The molecule has 1 aliphatic heterocycles. The maximum atomic E-state index is 14.0. The quantitative estimate of drug-likeness (QED) is 0.706. The second-order valence-corrected chi connectivity index (χ2v) is 10.6. The molecule has 2 N–H and O–H groups in total. The molecule has 1 unspecified atom stereocenters. The summed E-state index contributed by atoms with van der Waals surface area (Å²) in [5.74, 6) is 0.202. The minimum atomic E-state index is -3.66. The van der Waals surface area contributed by atoms with Crippen LogP contribution in [0, 0.1) is 5.82 Å². The number of carbonyl (C=O) groups excluding carboxylic acids is 1. The van der Waals surface area contributed by atoms with Crippen LogP contribution in [-0.2, 0) is 27.7 Å². The topological polar surface area (TPSA) is 75.3 Å². The third kappa shape index (κ3) is 4.71. The van der Waals surface area contributed by atoms with Crippen molar-refractivity contribution in [1.29, 1.82) is 0 Å². The molecular formula is C22H25FN2O3S2. The van der Waals surface area contributed by atoms with Crippen LogP contribution in [0.15, 0.2) is 46.2 Å². The first-order valence-electron chi connectivity index (χ1n) is 10.3. The highest BCUT2D eigenvalue weighted by atomic mass is 32.2. The summed E-state index contributed by atoms with van der Waals surface area (Å²) in [6, 6.07) is 9.93. The van der Waals surface area contributed by atoms with E-state index in [0.717, 1.165) is 42.6 Å². The van der Waals surface area contributed by atoms with Crippen LogP contribution < -0.4 is 10.0 Å². The molecule has 0 radical (unpaired) electrons. The molecule has 0 saturated heterocycles. The monoisotopic (exact) mass is 448 g/mol. The second-order valence-electron chi connectivity index (χ2n) is 7.70. The van der Waals surface area contributed by atoms with Gasteiger partial charge in [0, 0.05) is 23.6 Å². The van der Waals surface area contributed by atoms with Crippen LogP contribution in [0.2, 0.25) is 0 Å². The summed E-state index contributed by atoms with van der Waals surface area (Å²) in [7, 11) is -3.66. The van der Waals surface area contributed by atoms with Crippen molar-refractivity contribution in [3.05, 3.63) is 58.9 Å². The third-order valence-corrected chi connectivity index (χ3v) is 8.25. The van der Waals surface area contributed by atoms with Crippen molar-refractivity contribution < 1.29 is 17.6 Å². The molecule has 0 spiro atoms. The molecule has 0 aromatic heterocycles. The number of aryl methyl sites for hydroxylation is 2. The lowest BCUT2D eigenvalue weighted by molar-refractivity contribution is -0.121. The fourth-order valence-electron chi connectivity index (χ4n) is 4.06. The molecule has 0 fully saturated rings. The number of benzene rings is 2. The van der Waals surface area contributed by atoms with Crippen LogP contribution in [0.25, 0.3) is 0 Å². The summed E-state index contributed by atoms with van der Waals surface area (Å²) < 4.78 is 41.7. The van der Waals surface area contributed by atoms with Crippen LogP contribution in [0.3, 0.4) is 0 Å². The molecule has 0 bridgehead atoms. The minimum Gasteiger partial charge on any atom is -0.349 e. The average molecular weight is 449 g/mol. The van der Waals surface area contributed by atoms with E-state index >= 15 is 0 Å². The molecule has 30 heavy (non-hydrogen) atoms. The highest BCUT2D eigenvalue weighted by molar-refractivity contribution is 7.99. The number of fused-ring (bicyclic) bond motifs is 2. The molecule has 160 valence electrons. The van der Waals surface area contributed by atoms with Crippen molar-refractivity contribution in [2.45, 2.75) is 54.4 Å². The van der Waals surface area contributed by atoms with Crippen LogP contribution >= 0.6 is 11.8 Å². The molecule has 1 aliphatic carbocycles. The van der Waals surface area contributed by atoms with E-state index in [9.17, 15) is 17.6 Å². The van der Waals surface area contributed by atoms with Gasteiger partial charge in [0.25, 0.3) is 0 Å². The van der Waals surface area contributed by atoms with Gasteiger partial charge in [-0.25, -0.2) is 17.5 Å². The molecule has 1 amide bonds. The van der Waals surface area contributed by atoms with Gasteiger partial charge in [0.15, 0.2) is 0 Å². The molecule has 8 heteroatoms. The van der Waals surface area contributed by atoms with Gasteiger partial charge in [-0.3, -0.25) is 4.79 Å². The predicted octanol–water partition coefficient (Wildman–Crippen LogP) is 3.73.